The Labute approximate surface area is 107 Å². The van der Waals surface area contributed by atoms with Gasteiger partial charge in [-0.2, -0.15) is 0 Å². The van der Waals surface area contributed by atoms with Crippen LogP contribution in [0.1, 0.15) is 37.9 Å². The highest BCUT2D eigenvalue weighted by molar-refractivity contribution is 5.81. The van der Waals surface area contributed by atoms with Crippen molar-refractivity contribution in [3.05, 3.63) is 12.2 Å². The topological polar surface area (TPSA) is 77.0 Å². The summed E-state index contributed by atoms with van der Waals surface area (Å²) in [4.78, 5) is 14.0. The van der Waals surface area contributed by atoms with Crippen LogP contribution in [-0.2, 0) is 11.8 Å². The second-order valence-corrected chi connectivity index (χ2v) is 4.94. The number of carbonyl (C=O) groups is 1. The van der Waals surface area contributed by atoms with Crippen molar-refractivity contribution < 1.29 is 4.79 Å². The predicted octanol–water partition coefficient (Wildman–Crippen LogP) is 0.258. The highest BCUT2D eigenvalue weighted by atomic mass is 16.2. The third kappa shape index (κ3) is 2.53. The van der Waals surface area contributed by atoms with E-state index in [9.17, 15) is 4.79 Å². The molecule has 1 aromatic rings. The molecule has 18 heavy (non-hydrogen) atoms. The van der Waals surface area contributed by atoms with E-state index in [1.54, 1.807) is 6.33 Å². The van der Waals surface area contributed by atoms with Gasteiger partial charge in [-0.25, -0.2) is 0 Å². The van der Waals surface area contributed by atoms with Crippen molar-refractivity contribution in [1.29, 1.82) is 0 Å². The molecule has 6 nitrogen and oxygen atoms in total. The van der Waals surface area contributed by atoms with Gasteiger partial charge in [-0.15, -0.1) is 10.2 Å². The number of rotatable bonds is 3. The summed E-state index contributed by atoms with van der Waals surface area (Å²) in [5, 5.41) is 8.04. The molecule has 2 N–H and O–H groups in total. The molecule has 2 atom stereocenters. The van der Waals surface area contributed by atoms with E-state index in [0.717, 1.165) is 25.2 Å². The van der Waals surface area contributed by atoms with Gasteiger partial charge in [-0.3, -0.25) is 4.79 Å². The normalized spacial score (nSPS) is 21.9. The zero-order chi connectivity index (χ0) is 13.1. The zero-order valence-electron chi connectivity index (χ0n) is 11.0. The lowest BCUT2D eigenvalue weighted by molar-refractivity contribution is -0.133. The fraction of sp³-hybridized carbons (Fsp3) is 0.750. The van der Waals surface area contributed by atoms with E-state index in [-0.39, 0.29) is 17.9 Å². The molecule has 2 rings (SSSR count). The lowest BCUT2D eigenvalue weighted by Crippen LogP contribution is -2.47. The SMILES string of the molecule is CCC(N)C(=O)N1CCCC(c2nncn2C)C1. The van der Waals surface area contributed by atoms with Gasteiger partial charge in [0.15, 0.2) is 0 Å². The van der Waals surface area contributed by atoms with Gasteiger partial charge in [0.25, 0.3) is 0 Å². The molecule has 0 radical (unpaired) electrons. The number of nitrogens with two attached hydrogens (primary N) is 1. The molecule has 1 fully saturated rings. The monoisotopic (exact) mass is 251 g/mol. The number of aryl methyl sites for hydroxylation is 1. The van der Waals surface area contributed by atoms with Crippen molar-refractivity contribution >= 4 is 5.91 Å². The molecule has 100 valence electrons. The van der Waals surface area contributed by atoms with E-state index >= 15 is 0 Å². The predicted molar refractivity (Wildman–Crippen MR) is 67.8 cm³/mol. The van der Waals surface area contributed by atoms with E-state index in [1.807, 2.05) is 23.4 Å². The molecular weight excluding hydrogens is 230 g/mol. The number of piperidine rings is 1. The van der Waals surface area contributed by atoms with Crippen LogP contribution < -0.4 is 5.73 Å². The van der Waals surface area contributed by atoms with Gasteiger partial charge in [0.1, 0.15) is 12.2 Å². The summed E-state index contributed by atoms with van der Waals surface area (Å²) < 4.78 is 1.93. The summed E-state index contributed by atoms with van der Waals surface area (Å²) in [5.74, 6) is 1.29. The van der Waals surface area contributed by atoms with Gasteiger partial charge in [-0.05, 0) is 19.3 Å². The van der Waals surface area contributed by atoms with E-state index in [4.69, 9.17) is 5.73 Å². The fourth-order valence-electron chi connectivity index (χ4n) is 2.46. The number of likely N-dealkylation sites (tertiary alicyclic amines) is 1. The van der Waals surface area contributed by atoms with Crippen LogP contribution in [0.4, 0.5) is 0 Å². The average Bonchev–Trinajstić information content (AvgIpc) is 2.83. The lowest BCUT2D eigenvalue weighted by Gasteiger charge is -2.33. The van der Waals surface area contributed by atoms with E-state index in [1.165, 1.54) is 0 Å². The maximum atomic E-state index is 12.1. The Morgan fingerprint density at radius 3 is 3.06 bits per heavy atom. The molecule has 2 unspecified atom stereocenters. The van der Waals surface area contributed by atoms with E-state index in [0.29, 0.717) is 13.0 Å². The highest BCUT2D eigenvalue weighted by Gasteiger charge is 2.29. The second-order valence-electron chi connectivity index (χ2n) is 4.94. The minimum Gasteiger partial charge on any atom is -0.341 e. The Morgan fingerprint density at radius 1 is 1.67 bits per heavy atom. The van der Waals surface area contributed by atoms with Crippen molar-refractivity contribution in [3.8, 4) is 0 Å². The van der Waals surface area contributed by atoms with Crippen LogP contribution in [-0.4, -0.2) is 44.7 Å². The molecule has 1 saturated heterocycles. The van der Waals surface area contributed by atoms with Crippen LogP contribution in [0.3, 0.4) is 0 Å². The Kier molecular flexibility index (Phi) is 3.96. The van der Waals surface area contributed by atoms with Gasteiger partial charge in [0.05, 0.1) is 6.04 Å². The maximum absolute atomic E-state index is 12.1. The fourth-order valence-corrected chi connectivity index (χ4v) is 2.46. The summed E-state index contributed by atoms with van der Waals surface area (Å²) in [6.07, 6.45) is 4.44. The van der Waals surface area contributed by atoms with Gasteiger partial charge < -0.3 is 15.2 Å². The van der Waals surface area contributed by atoms with Crippen LogP contribution in [0.2, 0.25) is 0 Å². The second kappa shape index (κ2) is 5.48. The number of carbonyl (C=O) groups excluding carboxylic acids is 1. The minimum absolute atomic E-state index is 0.0596. The largest absolute Gasteiger partial charge is 0.341 e. The Morgan fingerprint density at radius 2 is 2.44 bits per heavy atom. The number of hydrogen-bond donors (Lipinski definition) is 1. The van der Waals surface area contributed by atoms with Crippen LogP contribution in [0.15, 0.2) is 6.33 Å². The first-order valence-corrected chi connectivity index (χ1v) is 6.51. The first kappa shape index (κ1) is 13.0. The first-order chi connectivity index (χ1) is 8.63. The van der Waals surface area contributed by atoms with Crippen molar-refractivity contribution in [2.45, 2.75) is 38.1 Å². The molecular formula is C12H21N5O. The van der Waals surface area contributed by atoms with E-state index < -0.39 is 0 Å². The molecule has 1 aliphatic rings. The number of amides is 1. The summed E-state index contributed by atoms with van der Waals surface area (Å²) in [6, 6.07) is -0.372. The lowest BCUT2D eigenvalue weighted by atomic mass is 9.96. The van der Waals surface area contributed by atoms with Crippen LogP contribution in [0.5, 0.6) is 0 Å². The highest BCUT2D eigenvalue weighted by Crippen LogP contribution is 2.25. The Balaban J connectivity index is 2.05. The molecule has 0 spiro atoms. The summed E-state index contributed by atoms with van der Waals surface area (Å²) in [6.45, 7) is 3.45. The quantitative estimate of drug-likeness (QED) is 0.836. The smallest absolute Gasteiger partial charge is 0.239 e. The molecule has 0 aromatic carbocycles. The van der Waals surface area contributed by atoms with E-state index in [2.05, 4.69) is 10.2 Å². The van der Waals surface area contributed by atoms with Crippen molar-refractivity contribution in [2.75, 3.05) is 13.1 Å². The number of nitrogens with zero attached hydrogens (tertiary/aromatic N) is 4. The Bertz CT molecular complexity index is 416. The molecule has 6 heteroatoms. The van der Waals surface area contributed by atoms with Gasteiger partial charge in [-0.1, -0.05) is 6.92 Å². The molecule has 2 heterocycles. The molecule has 1 amide bonds. The standard InChI is InChI=1S/C12H21N5O/c1-3-10(13)12(18)17-6-4-5-9(7-17)11-15-14-8-16(11)2/h8-10H,3-7,13H2,1-2H3. The molecule has 0 aliphatic carbocycles. The summed E-state index contributed by atoms with van der Waals surface area (Å²) in [5.41, 5.74) is 5.82. The van der Waals surface area contributed by atoms with Crippen molar-refractivity contribution in [2.24, 2.45) is 12.8 Å². The minimum atomic E-state index is -0.372. The third-order valence-corrected chi connectivity index (χ3v) is 3.60. The van der Waals surface area contributed by atoms with Crippen molar-refractivity contribution in [1.82, 2.24) is 19.7 Å². The van der Waals surface area contributed by atoms with Crippen LogP contribution >= 0.6 is 0 Å². The zero-order valence-corrected chi connectivity index (χ0v) is 11.0. The van der Waals surface area contributed by atoms with Gasteiger partial charge >= 0.3 is 0 Å². The maximum Gasteiger partial charge on any atom is 0.239 e. The van der Waals surface area contributed by atoms with Crippen molar-refractivity contribution in [3.63, 3.8) is 0 Å². The Hall–Kier alpha value is -1.43. The van der Waals surface area contributed by atoms with Gasteiger partial charge in [0, 0.05) is 26.1 Å². The summed E-state index contributed by atoms with van der Waals surface area (Å²) >= 11 is 0. The third-order valence-electron chi connectivity index (χ3n) is 3.60. The van der Waals surface area contributed by atoms with Crippen LogP contribution in [0.25, 0.3) is 0 Å². The average molecular weight is 251 g/mol. The first-order valence-electron chi connectivity index (χ1n) is 6.51. The number of hydrogen-bond acceptors (Lipinski definition) is 4. The van der Waals surface area contributed by atoms with Crippen LogP contribution in [0, 0.1) is 0 Å². The van der Waals surface area contributed by atoms with Gasteiger partial charge in [0.2, 0.25) is 5.91 Å². The number of aromatic nitrogens is 3. The summed E-state index contributed by atoms with van der Waals surface area (Å²) in [7, 11) is 1.94. The molecule has 1 aromatic heterocycles. The molecule has 0 saturated carbocycles. The molecule has 0 bridgehead atoms. The molecule has 1 aliphatic heterocycles.